The lowest BCUT2D eigenvalue weighted by atomic mass is 10.1. The van der Waals surface area contributed by atoms with Gasteiger partial charge in [0.2, 0.25) is 11.8 Å². The van der Waals surface area contributed by atoms with Crippen LogP contribution in [-0.4, -0.2) is 29.9 Å². The number of likely N-dealkylation sites (tertiary alicyclic amines) is 1. The monoisotopic (exact) mass is 260 g/mol. The highest BCUT2D eigenvalue weighted by atomic mass is 16.5. The van der Waals surface area contributed by atoms with Gasteiger partial charge in [-0.25, -0.2) is 0 Å². The van der Waals surface area contributed by atoms with Gasteiger partial charge in [0.15, 0.2) is 0 Å². The lowest BCUT2D eigenvalue weighted by molar-refractivity contribution is -0.128. The van der Waals surface area contributed by atoms with Crippen molar-refractivity contribution >= 4 is 11.8 Å². The molecule has 1 fully saturated rings. The summed E-state index contributed by atoms with van der Waals surface area (Å²) in [7, 11) is 0. The Morgan fingerprint density at radius 2 is 2.32 bits per heavy atom. The summed E-state index contributed by atoms with van der Waals surface area (Å²) >= 11 is 0. The first-order valence-corrected chi connectivity index (χ1v) is 6.45. The van der Waals surface area contributed by atoms with Gasteiger partial charge in [-0.3, -0.25) is 9.59 Å². The minimum Gasteiger partial charge on any atom is -0.493 e. The first-order chi connectivity index (χ1) is 9.13. The zero-order chi connectivity index (χ0) is 13.4. The van der Waals surface area contributed by atoms with E-state index < -0.39 is 5.91 Å². The van der Waals surface area contributed by atoms with Crippen LogP contribution < -0.4 is 10.5 Å². The third-order valence-corrected chi connectivity index (χ3v) is 3.74. The summed E-state index contributed by atoms with van der Waals surface area (Å²) < 4.78 is 5.45. The molecule has 1 saturated heterocycles. The Morgan fingerprint density at radius 3 is 3.05 bits per heavy atom. The number of primary amides is 1. The third-order valence-electron chi connectivity index (χ3n) is 3.74. The van der Waals surface area contributed by atoms with Gasteiger partial charge in [0.25, 0.3) is 0 Å². The molecule has 2 N–H and O–H groups in total. The van der Waals surface area contributed by atoms with Gasteiger partial charge in [0, 0.05) is 25.9 Å². The first-order valence-electron chi connectivity index (χ1n) is 6.45. The summed E-state index contributed by atoms with van der Waals surface area (Å²) in [6.45, 7) is 1.70. The van der Waals surface area contributed by atoms with Crippen molar-refractivity contribution in [3.63, 3.8) is 0 Å². The molecule has 5 nitrogen and oxygen atoms in total. The molecule has 19 heavy (non-hydrogen) atoms. The predicted molar refractivity (Wildman–Crippen MR) is 68.4 cm³/mol. The number of rotatable bonds is 3. The number of benzene rings is 1. The molecule has 5 heteroatoms. The molecule has 100 valence electrons. The van der Waals surface area contributed by atoms with Crippen molar-refractivity contribution in [2.24, 2.45) is 11.7 Å². The van der Waals surface area contributed by atoms with E-state index in [9.17, 15) is 9.59 Å². The van der Waals surface area contributed by atoms with Gasteiger partial charge in [-0.05, 0) is 17.2 Å². The standard InChI is InChI=1S/C14H16N2O3/c15-14(18)11-6-13(17)16(8-11)7-9-1-2-12-10(5-9)3-4-19-12/h1-2,5,11H,3-4,6-8H2,(H2,15,18). The lowest BCUT2D eigenvalue weighted by Gasteiger charge is -2.16. The molecule has 0 aliphatic carbocycles. The molecule has 2 aliphatic rings. The zero-order valence-electron chi connectivity index (χ0n) is 10.6. The number of fused-ring (bicyclic) bond motifs is 1. The maximum absolute atomic E-state index is 11.8. The predicted octanol–water partition coefficient (Wildman–Crippen LogP) is 0.455. The van der Waals surface area contributed by atoms with Gasteiger partial charge in [0.05, 0.1) is 12.5 Å². The van der Waals surface area contributed by atoms with Gasteiger partial charge in [-0.15, -0.1) is 0 Å². The van der Waals surface area contributed by atoms with Crippen LogP contribution in [0.15, 0.2) is 18.2 Å². The molecule has 0 aromatic heterocycles. The van der Waals surface area contributed by atoms with E-state index in [0.29, 0.717) is 13.1 Å². The molecule has 3 rings (SSSR count). The molecular weight excluding hydrogens is 244 g/mol. The Kier molecular flexibility index (Phi) is 2.89. The third kappa shape index (κ3) is 2.28. The molecule has 1 atom stereocenters. The topological polar surface area (TPSA) is 72.6 Å². The Bertz CT molecular complexity index is 541. The lowest BCUT2D eigenvalue weighted by Crippen LogP contribution is -2.28. The van der Waals surface area contributed by atoms with Gasteiger partial charge in [-0.1, -0.05) is 12.1 Å². The SMILES string of the molecule is NC(=O)C1CC(=O)N(Cc2ccc3c(c2)CCO3)C1. The fraction of sp³-hybridized carbons (Fsp3) is 0.429. The summed E-state index contributed by atoms with van der Waals surface area (Å²) in [5, 5.41) is 0. The second-order valence-electron chi connectivity index (χ2n) is 5.12. The van der Waals surface area contributed by atoms with Gasteiger partial charge in [0.1, 0.15) is 5.75 Å². The van der Waals surface area contributed by atoms with Crippen LogP contribution in [0, 0.1) is 5.92 Å². The van der Waals surface area contributed by atoms with E-state index in [0.717, 1.165) is 24.3 Å². The maximum atomic E-state index is 11.8. The first kappa shape index (κ1) is 12.0. The Balaban J connectivity index is 1.72. The van der Waals surface area contributed by atoms with E-state index >= 15 is 0 Å². The summed E-state index contributed by atoms with van der Waals surface area (Å²) in [5.74, 6) is 0.204. The van der Waals surface area contributed by atoms with Gasteiger partial charge in [-0.2, -0.15) is 0 Å². The van der Waals surface area contributed by atoms with Crippen LogP contribution in [0.3, 0.4) is 0 Å². The second kappa shape index (κ2) is 4.57. The minimum absolute atomic E-state index is 0.000508. The average molecular weight is 260 g/mol. The van der Waals surface area contributed by atoms with Crippen LogP contribution in [0.2, 0.25) is 0 Å². The van der Waals surface area contributed by atoms with E-state index in [1.54, 1.807) is 4.90 Å². The Labute approximate surface area is 111 Å². The highest BCUT2D eigenvalue weighted by Crippen LogP contribution is 2.27. The minimum atomic E-state index is -0.391. The number of amides is 2. The van der Waals surface area contributed by atoms with E-state index in [-0.39, 0.29) is 18.2 Å². The van der Waals surface area contributed by atoms with Crippen molar-refractivity contribution in [2.75, 3.05) is 13.2 Å². The van der Waals surface area contributed by atoms with Crippen LogP contribution in [0.25, 0.3) is 0 Å². The van der Waals surface area contributed by atoms with E-state index in [2.05, 4.69) is 6.07 Å². The molecule has 0 saturated carbocycles. The second-order valence-corrected chi connectivity index (χ2v) is 5.12. The van der Waals surface area contributed by atoms with Crippen molar-refractivity contribution in [3.05, 3.63) is 29.3 Å². The quantitative estimate of drug-likeness (QED) is 0.858. The molecule has 2 amide bonds. The molecule has 2 heterocycles. The molecule has 2 aliphatic heterocycles. The maximum Gasteiger partial charge on any atom is 0.223 e. The smallest absolute Gasteiger partial charge is 0.223 e. The highest BCUT2D eigenvalue weighted by molar-refractivity contribution is 5.88. The molecule has 0 spiro atoms. The van der Waals surface area contributed by atoms with Crippen LogP contribution in [0.1, 0.15) is 17.5 Å². The summed E-state index contributed by atoms with van der Waals surface area (Å²) in [5.41, 5.74) is 7.52. The van der Waals surface area contributed by atoms with Crippen LogP contribution >= 0.6 is 0 Å². The summed E-state index contributed by atoms with van der Waals surface area (Å²) in [6, 6.07) is 5.99. The van der Waals surface area contributed by atoms with E-state index in [1.807, 2.05) is 12.1 Å². The zero-order valence-corrected chi connectivity index (χ0v) is 10.6. The molecule has 1 aromatic carbocycles. The van der Waals surface area contributed by atoms with Gasteiger partial charge < -0.3 is 15.4 Å². The van der Waals surface area contributed by atoms with Gasteiger partial charge >= 0.3 is 0 Å². The van der Waals surface area contributed by atoms with Crippen molar-refractivity contribution in [1.29, 1.82) is 0 Å². The largest absolute Gasteiger partial charge is 0.493 e. The molecule has 1 aromatic rings. The normalized spacial score (nSPS) is 21.4. The number of ether oxygens (including phenoxy) is 1. The summed E-state index contributed by atoms with van der Waals surface area (Å²) in [6.07, 6.45) is 1.16. The Hall–Kier alpha value is -2.04. The Morgan fingerprint density at radius 1 is 1.47 bits per heavy atom. The molecule has 1 unspecified atom stereocenters. The number of hydrogen-bond acceptors (Lipinski definition) is 3. The van der Waals surface area contributed by atoms with Crippen molar-refractivity contribution < 1.29 is 14.3 Å². The molecule has 0 radical (unpaired) electrons. The number of carbonyl (C=O) groups is 2. The van der Waals surface area contributed by atoms with E-state index in [4.69, 9.17) is 10.5 Å². The highest BCUT2D eigenvalue weighted by Gasteiger charge is 2.32. The van der Waals surface area contributed by atoms with Crippen molar-refractivity contribution in [2.45, 2.75) is 19.4 Å². The summed E-state index contributed by atoms with van der Waals surface area (Å²) in [4.78, 5) is 24.6. The average Bonchev–Trinajstić information content (AvgIpc) is 2.96. The molecule has 0 bridgehead atoms. The van der Waals surface area contributed by atoms with Crippen LogP contribution in [0.4, 0.5) is 0 Å². The fourth-order valence-electron chi connectivity index (χ4n) is 2.67. The fourth-order valence-corrected chi connectivity index (χ4v) is 2.67. The number of nitrogens with two attached hydrogens (primary N) is 1. The van der Waals surface area contributed by atoms with Crippen molar-refractivity contribution in [1.82, 2.24) is 4.90 Å². The number of nitrogens with zero attached hydrogens (tertiary/aromatic N) is 1. The van der Waals surface area contributed by atoms with E-state index in [1.165, 1.54) is 5.56 Å². The number of hydrogen-bond donors (Lipinski definition) is 1. The van der Waals surface area contributed by atoms with Crippen molar-refractivity contribution in [3.8, 4) is 5.75 Å². The van der Waals surface area contributed by atoms with Crippen LogP contribution in [0.5, 0.6) is 5.75 Å². The van der Waals surface area contributed by atoms with Crippen LogP contribution in [-0.2, 0) is 22.6 Å². The molecular formula is C14H16N2O3. The number of carbonyl (C=O) groups excluding carboxylic acids is 2.